The van der Waals surface area contributed by atoms with E-state index in [1.165, 1.54) is 0 Å². The zero-order valence-corrected chi connectivity index (χ0v) is 10.1. The Morgan fingerprint density at radius 1 is 1.47 bits per heavy atom. The molecule has 0 saturated heterocycles. The van der Waals surface area contributed by atoms with Gasteiger partial charge in [-0.3, -0.25) is 4.79 Å². The van der Waals surface area contributed by atoms with Crippen molar-refractivity contribution in [2.24, 2.45) is 5.92 Å². The standard InChI is InChI=1S/C14H19NO2/c1-2-6-11-9-12(11)15-14(17)13(16)10-7-4-3-5-8-10/h3-5,7-8,11-13,16H,2,6,9H2,1H3,(H,15,17). The van der Waals surface area contributed by atoms with Crippen LogP contribution in [0.3, 0.4) is 0 Å². The fourth-order valence-corrected chi connectivity index (χ4v) is 2.16. The first-order valence-electron chi connectivity index (χ1n) is 6.25. The Morgan fingerprint density at radius 3 is 2.82 bits per heavy atom. The molecule has 1 fully saturated rings. The summed E-state index contributed by atoms with van der Waals surface area (Å²) >= 11 is 0. The Bertz CT molecular complexity index is 377. The summed E-state index contributed by atoms with van der Waals surface area (Å²) in [5, 5.41) is 12.8. The monoisotopic (exact) mass is 233 g/mol. The Kier molecular flexibility index (Phi) is 3.79. The Labute approximate surface area is 102 Å². The van der Waals surface area contributed by atoms with Gasteiger partial charge in [0, 0.05) is 6.04 Å². The molecule has 1 amide bonds. The number of amides is 1. The quantitative estimate of drug-likeness (QED) is 0.817. The lowest BCUT2D eigenvalue weighted by atomic mass is 10.1. The molecule has 1 aromatic carbocycles. The van der Waals surface area contributed by atoms with Gasteiger partial charge in [0.25, 0.3) is 5.91 Å². The molecule has 2 N–H and O–H groups in total. The summed E-state index contributed by atoms with van der Waals surface area (Å²) in [4.78, 5) is 11.8. The summed E-state index contributed by atoms with van der Waals surface area (Å²) in [6.45, 7) is 2.15. The highest BCUT2D eigenvalue weighted by Gasteiger charge is 2.38. The fraction of sp³-hybridized carbons (Fsp3) is 0.500. The number of hydrogen-bond donors (Lipinski definition) is 2. The molecule has 1 saturated carbocycles. The van der Waals surface area contributed by atoms with Crippen LogP contribution in [0.5, 0.6) is 0 Å². The van der Waals surface area contributed by atoms with Crippen molar-refractivity contribution in [3.63, 3.8) is 0 Å². The van der Waals surface area contributed by atoms with Crippen LogP contribution in [-0.2, 0) is 4.79 Å². The zero-order chi connectivity index (χ0) is 12.3. The van der Waals surface area contributed by atoms with E-state index in [-0.39, 0.29) is 11.9 Å². The molecule has 17 heavy (non-hydrogen) atoms. The number of aliphatic hydroxyl groups is 1. The van der Waals surface area contributed by atoms with E-state index >= 15 is 0 Å². The molecule has 0 bridgehead atoms. The lowest BCUT2D eigenvalue weighted by Crippen LogP contribution is -2.31. The summed E-state index contributed by atoms with van der Waals surface area (Å²) < 4.78 is 0. The van der Waals surface area contributed by atoms with Crippen molar-refractivity contribution in [2.75, 3.05) is 0 Å². The van der Waals surface area contributed by atoms with Gasteiger partial charge in [-0.1, -0.05) is 43.7 Å². The number of benzene rings is 1. The van der Waals surface area contributed by atoms with E-state index in [0.717, 1.165) is 19.3 Å². The summed E-state index contributed by atoms with van der Waals surface area (Å²) in [6, 6.07) is 9.32. The van der Waals surface area contributed by atoms with Gasteiger partial charge in [-0.25, -0.2) is 0 Å². The van der Waals surface area contributed by atoms with Crippen LogP contribution in [0.2, 0.25) is 0 Å². The highest BCUT2D eigenvalue weighted by atomic mass is 16.3. The minimum atomic E-state index is -1.04. The van der Waals surface area contributed by atoms with Gasteiger partial charge in [-0.2, -0.15) is 0 Å². The van der Waals surface area contributed by atoms with Crippen LogP contribution in [0.25, 0.3) is 0 Å². The number of hydrogen-bond acceptors (Lipinski definition) is 2. The van der Waals surface area contributed by atoms with Gasteiger partial charge >= 0.3 is 0 Å². The average molecular weight is 233 g/mol. The number of carbonyl (C=O) groups is 1. The molecule has 3 heteroatoms. The highest BCUT2D eigenvalue weighted by molar-refractivity contribution is 5.82. The molecule has 0 radical (unpaired) electrons. The molecule has 3 atom stereocenters. The minimum Gasteiger partial charge on any atom is -0.378 e. The Morgan fingerprint density at radius 2 is 2.18 bits per heavy atom. The molecule has 92 valence electrons. The van der Waals surface area contributed by atoms with Crippen molar-refractivity contribution >= 4 is 5.91 Å². The molecule has 0 spiro atoms. The molecule has 0 heterocycles. The second-order valence-corrected chi connectivity index (χ2v) is 4.71. The van der Waals surface area contributed by atoms with Crippen molar-refractivity contribution < 1.29 is 9.90 Å². The third kappa shape index (κ3) is 3.07. The summed E-state index contributed by atoms with van der Waals surface area (Å²) in [5.74, 6) is 0.340. The maximum absolute atomic E-state index is 11.8. The first kappa shape index (κ1) is 12.1. The SMILES string of the molecule is CCCC1CC1NC(=O)C(O)c1ccccc1. The first-order valence-corrected chi connectivity index (χ1v) is 6.25. The van der Waals surface area contributed by atoms with Crippen LogP contribution < -0.4 is 5.32 Å². The lowest BCUT2D eigenvalue weighted by Gasteiger charge is -2.11. The molecule has 2 rings (SSSR count). The zero-order valence-electron chi connectivity index (χ0n) is 10.1. The fourth-order valence-electron chi connectivity index (χ4n) is 2.16. The van der Waals surface area contributed by atoms with E-state index in [0.29, 0.717) is 11.5 Å². The van der Waals surface area contributed by atoms with Gasteiger partial charge in [-0.05, 0) is 24.3 Å². The highest BCUT2D eigenvalue weighted by Crippen LogP contribution is 2.34. The number of carbonyl (C=O) groups excluding carboxylic acids is 1. The molecule has 0 aromatic heterocycles. The van der Waals surface area contributed by atoms with Crippen molar-refractivity contribution in [1.29, 1.82) is 0 Å². The van der Waals surface area contributed by atoms with Gasteiger partial charge in [0.2, 0.25) is 0 Å². The lowest BCUT2D eigenvalue weighted by molar-refractivity contribution is -0.129. The molecule has 1 aliphatic carbocycles. The predicted octanol–water partition coefficient (Wildman–Crippen LogP) is 2.02. The largest absolute Gasteiger partial charge is 0.378 e. The van der Waals surface area contributed by atoms with Gasteiger partial charge in [0.15, 0.2) is 6.10 Å². The topological polar surface area (TPSA) is 49.3 Å². The van der Waals surface area contributed by atoms with Crippen LogP contribution in [0.15, 0.2) is 30.3 Å². The maximum Gasteiger partial charge on any atom is 0.253 e. The maximum atomic E-state index is 11.8. The van der Waals surface area contributed by atoms with Crippen molar-refractivity contribution in [3.05, 3.63) is 35.9 Å². The van der Waals surface area contributed by atoms with E-state index in [1.54, 1.807) is 12.1 Å². The van der Waals surface area contributed by atoms with E-state index in [9.17, 15) is 9.90 Å². The van der Waals surface area contributed by atoms with E-state index in [2.05, 4.69) is 12.2 Å². The van der Waals surface area contributed by atoms with E-state index < -0.39 is 6.10 Å². The van der Waals surface area contributed by atoms with Crippen molar-refractivity contribution in [1.82, 2.24) is 5.32 Å². The second-order valence-electron chi connectivity index (χ2n) is 4.71. The molecule has 1 aliphatic rings. The number of rotatable bonds is 5. The van der Waals surface area contributed by atoms with Gasteiger partial charge < -0.3 is 10.4 Å². The van der Waals surface area contributed by atoms with Crippen molar-refractivity contribution in [2.45, 2.75) is 38.3 Å². The predicted molar refractivity (Wildman–Crippen MR) is 66.3 cm³/mol. The third-order valence-electron chi connectivity index (χ3n) is 3.27. The third-order valence-corrected chi connectivity index (χ3v) is 3.27. The van der Waals surface area contributed by atoms with E-state index in [4.69, 9.17) is 0 Å². The smallest absolute Gasteiger partial charge is 0.253 e. The summed E-state index contributed by atoms with van der Waals surface area (Å²) in [6.07, 6.45) is 2.32. The molecule has 0 aliphatic heterocycles. The Balaban J connectivity index is 1.85. The van der Waals surface area contributed by atoms with Crippen LogP contribution in [-0.4, -0.2) is 17.1 Å². The summed E-state index contributed by atoms with van der Waals surface area (Å²) in [5.41, 5.74) is 0.651. The molecule has 3 unspecified atom stereocenters. The van der Waals surface area contributed by atoms with Crippen LogP contribution in [0.1, 0.15) is 37.9 Å². The van der Waals surface area contributed by atoms with Crippen LogP contribution >= 0.6 is 0 Å². The second kappa shape index (κ2) is 5.32. The van der Waals surface area contributed by atoms with Crippen LogP contribution in [0.4, 0.5) is 0 Å². The molecular formula is C14H19NO2. The van der Waals surface area contributed by atoms with Crippen LogP contribution in [0, 0.1) is 5.92 Å². The minimum absolute atomic E-state index is 0.278. The number of nitrogens with one attached hydrogen (secondary N) is 1. The van der Waals surface area contributed by atoms with Crippen molar-refractivity contribution in [3.8, 4) is 0 Å². The normalized spacial score (nSPS) is 24.1. The molecule has 3 nitrogen and oxygen atoms in total. The van der Waals surface area contributed by atoms with Gasteiger partial charge in [0.1, 0.15) is 0 Å². The molecular weight excluding hydrogens is 214 g/mol. The van der Waals surface area contributed by atoms with E-state index in [1.807, 2.05) is 18.2 Å². The summed E-state index contributed by atoms with van der Waals surface area (Å²) in [7, 11) is 0. The number of aliphatic hydroxyl groups excluding tert-OH is 1. The average Bonchev–Trinajstić information content (AvgIpc) is 3.08. The van der Waals surface area contributed by atoms with Gasteiger partial charge in [-0.15, -0.1) is 0 Å². The van der Waals surface area contributed by atoms with Gasteiger partial charge in [0.05, 0.1) is 0 Å². The Hall–Kier alpha value is -1.35. The first-order chi connectivity index (χ1) is 8.22. The molecule has 1 aromatic rings.